The third kappa shape index (κ3) is 3.19. The quantitative estimate of drug-likeness (QED) is 0.429. The molecule has 0 bridgehead atoms. The molecule has 0 atom stereocenters. The van der Waals surface area contributed by atoms with Crippen LogP contribution in [0.3, 0.4) is 0 Å². The molecule has 0 spiro atoms. The highest BCUT2D eigenvalue weighted by molar-refractivity contribution is 7.21. The molecule has 25 heavy (non-hydrogen) atoms. The summed E-state index contributed by atoms with van der Waals surface area (Å²) in [5.41, 5.74) is 2.98. The van der Waals surface area contributed by atoms with Gasteiger partial charge >= 0.3 is 5.97 Å². The monoisotopic (exact) mass is 344 g/mol. The topological polar surface area (TPSA) is 26.3 Å². The molecule has 0 N–H and O–H groups in total. The van der Waals surface area contributed by atoms with Crippen LogP contribution in [-0.2, 0) is 11.3 Å². The van der Waals surface area contributed by atoms with Crippen molar-refractivity contribution in [3.8, 4) is 11.1 Å². The normalized spacial score (nSPS) is 10.7. The van der Waals surface area contributed by atoms with Gasteiger partial charge in [0.1, 0.15) is 11.5 Å². The summed E-state index contributed by atoms with van der Waals surface area (Å²) >= 11 is 1.49. The number of fused-ring (bicyclic) bond motifs is 1. The lowest BCUT2D eigenvalue weighted by Gasteiger charge is -2.07. The molecule has 0 aliphatic carbocycles. The van der Waals surface area contributed by atoms with Gasteiger partial charge in [0.25, 0.3) is 0 Å². The number of hydrogen-bond acceptors (Lipinski definition) is 3. The first-order valence-corrected chi connectivity index (χ1v) is 8.92. The second kappa shape index (κ2) is 6.91. The van der Waals surface area contributed by atoms with E-state index in [1.807, 2.05) is 78.9 Å². The molecule has 1 heterocycles. The van der Waals surface area contributed by atoms with Gasteiger partial charge in [-0.2, -0.15) is 0 Å². The van der Waals surface area contributed by atoms with Gasteiger partial charge in [0, 0.05) is 15.6 Å². The van der Waals surface area contributed by atoms with Crippen LogP contribution in [-0.4, -0.2) is 5.97 Å². The Kier molecular flexibility index (Phi) is 4.32. The summed E-state index contributed by atoms with van der Waals surface area (Å²) in [7, 11) is 0. The van der Waals surface area contributed by atoms with Crippen LogP contribution in [0.15, 0.2) is 84.9 Å². The van der Waals surface area contributed by atoms with Crippen LogP contribution in [0.5, 0.6) is 0 Å². The van der Waals surface area contributed by atoms with Crippen molar-refractivity contribution < 1.29 is 9.53 Å². The first-order chi connectivity index (χ1) is 12.3. The minimum Gasteiger partial charge on any atom is -0.457 e. The summed E-state index contributed by atoms with van der Waals surface area (Å²) in [5, 5.41) is 1.09. The fraction of sp³-hybridized carbons (Fsp3) is 0.0455. The largest absolute Gasteiger partial charge is 0.457 e. The molecule has 3 heteroatoms. The van der Waals surface area contributed by atoms with Crippen LogP contribution in [0, 0.1) is 0 Å². The second-order valence-electron chi connectivity index (χ2n) is 5.73. The summed E-state index contributed by atoms with van der Waals surface area (Å²) in [5.74, 6) is -0.274. The molecular formula is C22H16O2S. The Balaban J connectivity index is 1.72. The number of esters is 1. The SMILES string of the molecule is O=C(OCc1ccccc1)c1sc2ccccc2c1-c1ccccc1. The van der Waals surface area contributed by atoms with E-state index in [-0.39, 0.29) is 12.6 Å². The molecule has 0 fully saturated rings. The molecule has 0 unspecified atom stereocenters. The Bertz CT molecular complexity index is 1000. The van der Waals surface area contributed by atoms with Crippen LogP contribution in [0.2, 0.25) is 0 Å². The molecule has 0 saturated carbocycles. The van der Waals surface area contributed by atoms with Gasteiger partial charge in [-0.05, 0) is 17.2 Å². The van der Waals surface area contributed by atoms with E-state index in [0.717, 1.165) is 26.8 Å². The molecule has 0 aliphatic heterocycles. The van der Waals surface area contributed by atoms with Crippen molar-refractivity contribution in [1.29, 1.82) is 0 Å². The Morgan fingerprint density at radius 2 is 1.44 bits per heavy atom. The summed E-state index contributed by atoms with van der Waals surface area (Å²) in [6.07, 6.45) is 0. The highest BCUT2D eigenvalue weighted by Gasteiger charge is 2.20. The highest BCUT2D eigenvalue weighted by atomic mass is 32.1. The fourth-order valence-corrected chi connectivity index (χ4v) is 3.99. The third-order valence-corrected chi connectivity index (χ3v) is 5.21. The number of rotatable bonds is 4. The molecular weight excluding hydrogens is 328 g/mol. The van der Waals surface area contributed by atoms with Crippen LogP contribution < -0.4 is 0 Å². The summed E-state index contributed by atoms with van der Waals surface area (Å²) in [6.45, 7) is 0.280. The smallest absolute Gasteiger partial charge is 0.349 e. The van der Waals surface area contributed by atoms with E-state index in [4.69, 9.17) is 4.74 Å². The second-order valence-corrected chi connectivity index (χ2v) is 6.78. The predicted octanol–water partition coefficient (Wildman–Crippen LogP) is 5.93. The maximum absolute atomic E-state index is 12.8. The zero-order chi connectivity index (χ0) is 17.1. The number of thiophene rings is 1. The van der Waals surface area contributed by atoms with E-state index in [2.05, 4.69) is 6.07 Å². The average molecular weight is 344 g/mol. The fourth-order valence-electron chi connectivity index (χ4n) is 2.87. The predicted molar refractivity (Wildman–Crippen MR) is 103 cm³/mol. The molecule has 4 aromatic rings. The van der Waals surface area contributed by atoms with Gasteiger partial charge in [-0.1, -0.05) is 78.9 Å². The summed E-state index contributed by atoms with van der Waals surface area (Å²) in [6, 6.07) is 27.8. The molecule has 4 rings (SSSR count). The van der Waals surface area contributed by atoms with Gasteiger partial charge in [0.2, 0.25) is 0 Å². The van der Waals surface area contributed by atoms with Crippen LogP contribution in [0.1, 0.15) is 15.2 Å². The first-order valence-electron chi connectivity index (χ1n) is 8.11. The van der Waals surface area contributed by atoms with Gasteiger partial charge < -0.3 is 4.74 Å². The molecule has 2 nitrogen and oxygen atoms in total. The Morgan fingerprint density at radius 3 is 2.20 bits per heavy atom. The van der Waals surface area contributed by atoms with E-state index in [1.165, 1.54) is 11.3 Å². The molecule has 0 amide bonds. The van der Waals surface area contributed by atoms with E-state index in [9.17, 15) is 4.79 Å². The van der Waals surface area contributed by atoms with Crippen molar-refractivity contribution >= 4 is 27.4 Å². The zero-order valence-corrected chi connectivity index (χ0v) is 14.3. The number of benzene rings is 3. The van der Waals surface area contributed by atoms with E-state index in [0.29, 0.717) is 4.88 Å². The van der Waals surface area contributed by atoms with E-state index in [1.54, 1.807) is 0 Å². The van der Waals surface area contributed by atoms with Crippen molar-refractivity contribution in [2.75, 3.05) is 0 Å². The minimum atomic E-state index is -0.274. The molecule has 0 aliphatic rings. The van der Waals surface area contributed by atoms with Gasteiger partial charge in [0.15, 0.2) is 0 Å². The van der Waals surface area contributed by atoms with Crippen molar-refractivity contribution in [2.45, 2.75) is 6.61 Å². The Labute approximate surface area is 150 Å². The summed E-state index contributed by atoms with van der Waals surface area (Å²) in [4.78, 5) is 13.4. The van der Waals surface area contributed by atoms with Crippen LogP contribution >= 0.6 is 11.3 Å². The standard InChI is InChI=1S/C22H16O2S/c23-22(24-15-16-9-3-1-4-10-16)21-20(17-11-5-2-6-12-17)18-13-7-8-14-19(18)25-21/h1-14H,15H2. The van der Waals surface area contributed by atoms with Crippen molar-refractivity contribution in [2.24, 2.45) is 0 Å². The number of carbonyl (C=O) groups is 1. The van der Waals surface area contributed by atoms with Crippen molar-refractivity contribution in [1.82, 2.24) is 0 Å². The Morgan fingerprint density at radius 1 is 0.800 bits per heavy atom. The lowest BCUT2D eigenvalue weighted by atomic mass is 10.0. The van der Waals surface area contributed by atoms with Crippen molar-refractivity contribution in [3.63, 3.8) is 0 Å². The molecule has 3 aromatic carbocycles. The van der Waals surface area contributed by atoms with Crippen molar-refractivity contribution in [3.05, 3.63) is 95.4 Å². The van der Waals surface area contributed by atoms with Crippen LogP contribution in [0.25, 0.3) is 21.2 Å². The Hall–Kier alpha value is -2.91. The molecule has 1 aromatic heterocycles. The maximum atomic E-state index is 12.8. The molecule has 0 radical (unpaired) electrons. The lowest BCUT2D eigenvalue weighted by molar-refractivity contribution is 0.0479. The van der Waals surface area contributed by atoms with Gasteiger partial charge in [0.05, 0.1) is 0 Å². The third-order valence-electron chi connectivity index (χ3n) is 4.06. The minimum absolute atomic E-state index is 0.274. The lowest BCUT2D eigenvalue weighted by Crippen LogP contribution is -2.04. The zero-order valence-electron chi connectivity index (χ0n) is 13.5. The average Bonchev–Trinajstić information content (AvgIpc) is 3.07. The van der Waals surface area contributed by atoms with E-state index >= 15 is 0 Å². The maximum Gasteiger partial charge on any atom is 0.349 e. The number of hydrogen-bond donors (Lipinski definition) is 0. The van der Waals surface area contributed by atoms with Gasteiger partial charge in [-0.25, -0.2) is 4.79 Å². The number of carbonyl (C=O) groups excluding carboxylic acids is 1. The molecule has 0 saturated heterocycles. The number of ether oxygens (including phenoxy) is 1. The highest BCUT2D eigenvalue weighted by Crippen LogP contribution is 2.39. The van der Waals surface area contributed by atoms with Gasteiger partial charge in [-0.15, -0.1) is 11.3 Å². The van der Waals surface area contributed by atoms with E-state index < -0.39 is 0 Å². The van der Waals surface area contributed by atoms with Crippen LogP contribution in [0.4, 0.5) is 0 Å². The van der Waals surface area contributed by atoms with Gasteiger partial charge in [-0.3, -0.25) is 0 Å². The molecule has 122 valence electrons. The summed E-state index contributed by atoms with van der Waals surface area (Å²) < 4.78 is 6.67. The first kappa shape index (κ1) is 15.6.